The van der Waals surface area contributed by atoms with E-state index in [-0.39, 0.29) is 29.5 Å². The zero-order chi connectivity index (χ0) is 13.5. The molecule has 1 aliphatic rings. The van der Waals surface area contributed by atoms with Crippen molar-refractivity contribution >= 4 is 28.7 Å². The Kier molecular flexibility index (Phi) is 6.18. The Labute approximate surface area is 112 Å². The van der Waals surface area contributed by atoms with Crippen molar-refractivity contribution in [3.8, 4) is 0 Å². The highest BCUT2D eigenvalue weighted by Gasteiger charge is 2.30. The fourth-order valence-corrected chi connectivity index (χ4v) is 2.10. The first-order valence-corrected chi connectivity index (χ1v) is 7.29. The second kappa shape index (κ2) is 7.41. The molecule has 0 unspecified atom stereocenters. The summed E-state index contributed by atoms with van der Waals surface area (Å²) in [5.74, 6) is 0.412. The van der Waals surface area contributed by atoms with Crippen LogP contribution in [0.1, 0.15) is 33.6 Å². The Morgan fingerprint density at radius 2 is 2.06 bits per heavy atom. The Morgan fingerprint density at radius 1 is 1.39 bits per heavy atom. The lowest BCUT2D eigenvalue weighted by molar-refractivity contribution is -0.121. The summed E-state index contributed by atoms with van der Waals surface area (Å²) in [6.07, 6.45) is 1.92. The maximum Gasteiger partial charge on any atom is 0.230 e. The first kappa shape index (κ1) is 15.0. The quantitative estimate of drug-likeness (QED) is 0.582. The molecular weight excluding hydrogens is 250 g/mol. The third-order valence-corrected chi connectivity index (χ3v) is 3.16. The van der Waals surface area contributed by atoms with Gasteiger partial charge in [0.25, 0.3) is 0 Å². The summed E-state index contributed by atoms with van der Waals surface area (Å²) in [6, 6.07) is 0.0984. The second-order valence-corrected chi connectivity index (χ2v) is 5.50. The molecule has 0 heterocycles. The predicted octanol–water partition coefficient (Wildman–Crippen LogP) is 1.15. The van der Waals surface area contributed by atoms with Crippen molar-refractivity contribution < 1.29 is 9.59 Å². The van der Waals surface area contributed by atoms with E-state index >= 15 is 0 Å². The number of amides is 2. The molecule has 0 aliphatic heterocycles. The van der Waals surface area contributed by atoms with Gasteiger partial charge in [0.05, 0.1) is 5.75 Å². The van der Waals surface area contributed by atoms with E-state index in [1.165, 1.54) is 11.8 Å². The van der Waals surface area contributed by atoms with Crippen LogP contribution in [0.25, 0.3) is 0 Å². The number of rotatable bonds is 5. The van der Waals surface area contributed by atoms with Crippen molar-refractivity contribution in [2.45, 2.75) is 39.7 Å². The molecule has 0 bridgehead atoms. The molecule has 18 heavy (non-hydrogen) atoms. The summed E-state index contributed by atoms with van der Waals surface area (Å²) in [6.45, 7) is 6.37. The van der Waals surface area contributed by atoms with Crippen LogP contribution in [0.15, 0.2) is 4.99 Å². The van der Waals surface area contributed by atoms with Crippen LogP contribution in [0.3, 0.4) is 0 Å². The van der Waals surface area contributed by atoms with Gasteiger partial charge in [0.1, 0.15) is 0 Å². The van der Waals surface area contributed by atoms with E-state index in [0.717, 1.165) is 12.8 Å². The van der Waals surface area contributed by atoms with Crippen molar-refractivity contribution in [2.24, 2.45) is 10.9 Å². The first-order chi connectivity index (χ1) is 8.52. The van der Waals surface area contributed by atoms with Gasteiger partial charge in [-0.2, -0.15) is 0 Å². The number of thioether (sulfide) groups is 1. The standard InChI is InChI=1S/C12H21N3O2S/c1-4-13-10(16)7-18-12(14-8(2)3)15-11(17)9-5-6-9/h8-9H,4-7H2,1-3H3,(H,13,16)(H,14,15,17). The molecule has 0 radical (unpaired) electrons. The van der Waals surface area contributed by atoms with Gasteiger partial charge in [-0.3, -0.25) is 14.6 Å². The Bertz CT molecular complexity index is 338. The summed E-state index contributed by atoms with van der Waals surface area (Å²) in [4.78, 5) is 27.4. The van der Waals surface area contributed by atoms with Gasteiger partial charge >= 0.3 is 0 Å². The fourth-order valence-electron chi connectivity index (χ4n) is 1.28. The molecule has 1 fully saturated rings. The molecule has 0 saturated heterocycles. The second-order valence-electron chi connectivity index (χ2n) is 4.53. The van der Waals surface area contributed by atoms with Gasteiger partial charge in [0, 0.05) is 18.5 Å². The Morgan fingerprint density at radius 3 is 2.56 bits per heavy atom. The van der Waals surface area contributed by atoms with Crippen molar-refractivity contribution in [3.05, 3.63) is 0 Å². The predicted molar refractivity (Wildman–Crippen MR) is 74.6 cm³/mol. The number of hydrogen-bond acceptors (Lipinski definition) is 4. The molecule has 1 saturated carbocycles. The van der Waals surface area contributed by atoms with Crippen LogP contribution in [-0.2, 0) is 9.59 Å². The van der Waals surface area contributed by atoms with E-state index in [1.807, 2.05) is 20.8 Å². The van der Waals surface area contributed by atoms with Gasteiger partial charge in [-0.15, -0.1) is 0 Å². The normalized spacial score (nSPS) is 15.7. The summed E-state index contributed by atoms with van der Waals surface area (Å²) in [5, 5.41) is 6.07. The molecule has 0 aromatic heterocycles. The van der Waals surface area contributed by atoms with E-state index in [0.29, 0.717) is 11.7 Å². The zero-order valence-corrected chi connectivity index (χ0v) is 12.0. The SMILES string of the molecule is CCNC(=O)CSC(=NC(C)C)NC(=O)C1CC1. The van der Waals surface area contributed by atoms with Crippen LogP contribution in [0.2, 0.25) is 0 Å². The molecule has 2 amide bonds. The lowest BCUT2D eigenvalue weighted by Gasteiger charge is -2.09. The van der Waals surface area contributed by atoms with Crippen LogP contribution in [-0.4, -0.2) is 35.3 Å². The highest BCUT2D eigenvalue weighted by atomic mass is 32.2. The topological polar surface area (TPSA) is 70.6 Å². The number of carbonyl (C=O) groups is 2. The fraction of sp³-hybridized carbons (Fsp3) is 0.750. The Hall–Kier alpha value is -1.04. The molecule has 0 aromatic rings. The van der Waals surface area contributed by atoms with E-state index in [4.69, 9.17) is 0 Å². The lowest BCUT2D eigenvalue weighted by atomic mass is 10.4. The van der Waals surface area contributed by atoms with Gasteiger partial charge in [-0.05, 0) is 33.6 Å². The molecular formula is C12H21N3O2S. The monoisotopic (exact) mass is 271 g/mol. The van der Waals surface area contributed by atoms with Crippen molar-refractivity contribution in [1.29, 1.82) is 0 Å². The van der Waals surface area contributed by atoms with Crippen molar-refractivity contribution in [1.82, 2.24) is 10.6 Å². The number of nitrogens with one attached hydrogen (secondary N) is 2. The third kappa shape index (κ3) is 6.05. The molecule has 6 heteroatoms. The van der Waals surface area contributed by atoms with Gasteiger partial charge in [-0.25, -0.2) is 0 Å². The van der Waals surface area contributed by atoms with E-state index in [2.05, 4.69) is 15.6 Å². The first-order valence-electron chi connectivity index (χ1n) is 6.31. The zero-order valence-electron chi connectivity index (χ0n) is 11.2. The highest BCUT2D eigenvalue weighted by molar-refractivity contribution is 8.14. The molecule has 2 N–H and O–H groups in total. The minimum absolute atomic E-state index is 0.0257. The summed E-state index contributed by atoms with van der Waals surface area (Å²) >= 11 is 1.28. The maximum absolute atomic E-state index is 11.7. The largest absolute Gasteiger partial charge is 0.356 e. The van der Waals surface area contributed by atoms with Gasteiger partial charge in [0.2, 0.25) is 11.8 Å². The number of nitrogens with zero attached hydrogens (tertiary/aromatic N) is 1. The highest BCUT2D eigenvalue weighted by Crippen LogP contribution is 2.29. The van der Waals surface area contributed by atoms with Crippen LogP contribution in [0.4, 0.5) is 0 Å². The molecule has 0 spiro atoms. The molecule has 0 aromatic carbocycles. The summed E-state index contributed by atoms with van der Waals surface area (Å²) < 4.78 is 0. The van der Waals surface area contributed by atoms with E-state index in [9.17, 15) is 9.59 Å². The van der Waals surface area contributed by atoms with Crippen molar-refractivity contribution in [2.75, 3.05) is 12.3 Å². The Balaban J connectivity index is 2.44. The molecule has 1 rings (SSSR count). The molecule has 102 valence electrons. The average molecular weight is 271 g/mol. The van der Waals surface area contributed by atoms with Crippen LogP contribution in [0, 0.1) is 5.92 Å². The molecule has 1 aliphatic carbocycles. The van der Waals surface area contributed by atoms with Crippen LogP contribution in [0.5, 0.6) is 0 Å². The van der Waals surface area contributed by atoms with E-state index in [1.54, 1.807) is 0 Å². The van der Waals surface area contributed by atoms with Crippen LogP contribution < -0.4 is 10.6 Å². The number of hydrogen-bond donors (Lipinski definition) is 2. The number of aliphatic imine (C=N–C) groups is 1. The average Bonchev–Trinajstić information content (AvgIpc) is 3.09. The number of amidine groups is 1. The minimum Gasteiger partial charge on any atom is -0.356 e. The van der Waals surface area contributed by atoms with Gasteiger partial charge in [0.15, 0.2) is 5.17 Å². The van der Waals surface area contributed by atoms with E-state index < -0.39 is 0 Å². The minimum atomic E-state index is -0.0420. The smallest absolute Gasteiger partial charge is 0.230 e. The third-order valence-electron chi connectivity index (χ3n) is 2.27. The molecule has 0 atom stereocenters. The van der Waals surface area contributed by atoms with Gasteiger partial charge < -0.3 is 10.6 Å². The van der Waals surface area contributed by atoms with Gasteiger partial charge in [-0.1, -0.05) is 11.8 Å². The summed E-state index contributed by atoms with van der Waals surface area (Å²) in [5.41, 5.74) is 0. The van der Waals surface area contributed by atoms with Crippen molar-refractivity contribution in [3.63, 3.8) is 0 Å². The maximum atomic E-state index is 11.7. The number of carbonyl (C=O) groups excluding carboxylic acids is 2. The van der Waals surface area contributed by atoms with Crippen LogP contribution >= 0.6 is 11.8 Å². The summed E-state index contributed by atoms with van der Waals surface area (Å²) in [7, 11) is 0. The lowest BCUT2D eigenvalue weighted by Crippen LogP contribution is -2.32. The molecule has 5 nitrogen and oxygen atoms in total.